The standard InChI is InChI=1S/C24H20N2O6S/c1-16(27)17-2-5-20(6-3-17)26-33(29,30)21-9-7-19(8-10-21)25-13-12-22(28)18-4-11-23-24(14-18)32-15-31-23/h2-14,25-26H,15H2,1H3. The van der Waals surface area contributed by atoms with Crippen LogP contribution < -0.4 is 19.5 Å². The molecule has 9 heteroatoms. The van der Waals surface area contributed by atoms with Crippen LogP contribution in [0.15, 0.2) is 83.9 Å². The Labute approximate surface area is 190 Å². The molecule has 2 N–H and O–H groups in total. The van der Waals surface area contributed by atoms with Gasteiger partial charge in [0.25, 0.3) is 10.0 Å². The minimum atomic E-state index is -3.80. The van der Waals surface area contributed by atoms with Crippen LogP contribution in [0.4, 0.5) is 11.4 Å². The number of Topliss-reactive ketones (excluding diaryl/α,β-unsaturated/α-hetero) is 1. The number of hydrogen-bond acceptors (Lipinski definition) is 7. The number of benzene rings is 3. The van der Waals surface area contributed by atoms with Crippen LogP contribution in [0.1, 0.15) is 27.6 Å². The van der Waals surface area contributed by atoms with Gasteiger partial charge in [0.05, 0.1) is 4.90 Å². The molecule has 0 atom stereocenters. The maximum absolute atomic E-state index is 12.6. The number of carbonyl (C=O) groups excluding carboxylic acids is 2. The Morgan fingerprint density at radius 1 is 0.848 bits per heavy atom. The van der Waals surface area contributed by atoms with Crippen LogP contribution >= 0.6 is 0 Å². The van der Waals surface area contributed by atoms with E-state index in [1.165, 1.54) is 43.5 Å². The molecule has 3 aromatic rings. The van der Waals surface area contributed by atoms with E-state index in [-0.39, 0.29) is 23.3 Å². The lowest BCUT2D eigenvalue weighted by Crippen LogP contribution is -2.13. The number of rotatable bonds is 8. The van der Waals surface area contributed by atoms with Crippen LogP contribution in [-0.2, 0) is 10.0 Å². The first-order valence-corrected chi connectivity index (χ1v) is 11.4. The topological polar surface area (TPSA) is 111 Å². The summed E-state index contributed by atoms with van der Waals surface area (Å²) >= 11 is 0. The van der Waals surface area contributed by atoms with Gasteiger partial charge in [-0.25, -0.2) is 8.42 Å². The molecule has 3 aromatic carbocycles. The summed E-state index contributed by atoms with van der Waals surface area (Å²) in [4.78, 5) is 23.7. The Kier molecular flexibility index (Phi) is 6.14. The number of carbonyl (C=O) groups is 2. The normalized spacial score (nSPS) is 12.5. The number of allylic oxidation sites excluding steroid dienone is 1. The van der Waals surface area contributed by atoms with Crippen molar-refractivity contribution in [3.05, 3.63) is 90.1 Å². The molecule has 0 amide bonds. The summed E-state index contributed by atoms with van der Waals surface area (Å²) in [7, 11) is -3.80. The van der Waals surface area contributed by atoms with E-state index in [1.54, 1.807) is 42.5 Å². The van der Waals surface area contributed by atoms with E-state index >= 15 is 0 Å². The van der Waals surface area contributed by atoms with Crippen LogP contribution in [0.3, 0.4) is 0 Å². The minimum absolute atomic E-state index is 0.0733. The van der Waals surface area contributed by atoms with Gasteiger partial charge in [-0.3, -0.25) is 14.3 Å². The van der Waals surface area contributed by atoms with Crippen molar-refractivity contribution < 1.29 is 27.5 Å². The number of sulfonamides is 1. The molecule has 0 saturated carbocycles. The number of anilines is 2. The molecule has 4 rings (SSSR count). The molecule has 168 valence electrons. The lowest BCUT2D eigenvalue weighted by Gasteiger charge is -2.09. The summed E-state index contributed by atoms with van der Waals surface area (Å²) in [6.45, 7) is 1.58. The second-order valence-electron chi connectivity index (χ2n) is 7.17. The average molecular weight is 464 g/mol. The number of ketones is 2. The molecule has 0 fully saturated rings. The highest BCUT2D eigenvalue weighted by atomic mass is 32.2. The van der Waals surface area contributed by atoms with Crippen molar-refractivity contribution in [2.24, 2.45) is 0 Å². The van der Waals surface area contributed by atoms with Crippen LogP contribution in [0.2, 0.25) is 0 Å². The van der Waals surface area contributed by atoms with E-state index in [2.05, 4.69) is 10.0 Å². The van der Waals surface area contributed by atoms with E-state index in [1.807, 2.05) is 0 Å². The molecule has 0 saturated heterocycles. The summed E-state index contributed by atoms with van der Waals surface area (Å²) < 4.78 is 38.2. The zero-order valence-electron chi connectivity index (χ0n) is 17.6. The molecule has 0 aliphatic carbocycles. The van der Waals surface area contributed by atoms with Gasteiger partial charge in [0.15, 0.2) is 23.1 Å². The first-order chi connectivity index (χ1) is 15.8. The number of ether oxygens (including phenoxy) is 2. The Hall–Kier alpha value is -4.11. The molecule has 0 radical (unpaired) electrons. The fourth-order valence-corrected chi connectivity index (χ4v) is 4.14. The largest absolute Gasteiger partial charge is 0.454 e. The Morgan fingerprint density at radius 3 is 2.18 bits per heavy atom. The van der Waals surface area contributed by atoms with Crippen LogP contribution in [0.25, 0.3) is 0 Å². The van der Waals surface area contributed by atoms with E-state index in [4.69, 9.17) is 9.47 Å². The molecule has 0 bridgehead atoms. The molecular weight excluding hydrogens is 444 g/mol. The third kappa shape index (κ3) is 5.21. The van der Waals surface area contributed by atoms with Gasteiger partial charge in [-0.1, -0.05) is 0 Å². The minimum Gasteiger partial charge on any atom is -0.454 e. The highest BCUT2D eigenvalue weighted by Gasteiger charge is 2.16. The van der Waals surface area contributed by atoms with Crippen LogP contribution in [0.5, 0.6) is 11.5 Å². The quantitative estimate of drug-likeness (QED) is 0.379. The predicted molar refractivity (Wildman–Crippen MR) is 123 cm³/mol. The second-order valence-corrected chi connectivity index (χ2v) is 8.86. The van der Waals surface area contributed by atoms with Crippen molar-refractivity contribution in [2.45, 2.75) is 11.8 Å². The van der Waals surface area contributed by atoms with Crippen LogP contribution in [0, 0.1) is 0 Å². The van der Waals surface area contributed by atoms with E-state index in [9.17, 15) is 18.0 Å². The second kappa shape index (κ2) is 9.17. The van der Waals surface area contributed by atoms with Crippen molar-refractivity contribution in [3.8, 4) is 11.5 Å². The van der Waals surface area contributed by atoms with Gasteiger partial charge in [-0.15, -0.1) is 0 Å². The Balaban J connectivity index is 1.37. The van der Waals surface area contributed by atoms with E-state index < -0.39 is 10.0 Å². The van der Waals surface area contributed by atoms with Crippen molar-refractivity contribution in [1.29, 1.82) is 0 Å². The molecule has 8 nitrogen and oxygen atoms in total. The third-order valence-corrected chi connectivity index (χ3v) is 6.25. The van der Waals surface area contributed by atoms with Gasteiger partial charge in [0, 0.05) is 34.8 Å². The summed E-state index contributed by atoms with van der Waals surface area (Å²) in [5.41, 5.74) is 1.92. The lowest BCUT2D eigenvalue weighted by atomic mass is 10.1. The van der Waals surface area contributed by atoms with Crippen molar-refractivity contribution in [2.75, 3.05) is 16.8 Å². The zero-order valence-corrected chi connectivity index (χ0v) is 18.4. The third-order valence-electron chi connectivity index (χ3n) is 4.85. The first kappa shape index (κ1) is 22.1. The van der Waals surface area contributed by atoms with Crippen molar-refractivity contribution in [1.82, 2.24) is 0 Å². The summed E-state index contributed by atoms with van der Waals surface area (Å²) in [6, 6.07) is 17.2. The molecule has 0 spiro atoms. The predicted octanol–water partition coefficient (Wildman–Crippen LogP) is 4.23. The van der Waals surface area contributed by atoms with Crippen molar-refractivity contribution in [3.63, 3.8) is 0 Å². The highest BCUT2D eigenvalue weighted by molar-refractivity contribution is 7.92. The molecular formula is C24H20N2O6S. The van der Waals surface area contributed by atoms with E-state index in [0.717, 1.165) is 0 Å². The molecule has 33 heavy (non-hydrogen) atoms. The first-order valence-electron chi connectivity index (χ1n) is 9.93. The van der Waals surface area contributed by atoms with E-state index in [0.29, 0.717) is 34.0 Å². The van der Waals surface area contributed by atoms with Gasteiger partial charge in [0.2, 0.25) is 6.79 Å². The maximum atomic E-state index is 12.6. The molecule has 1 aliphatic rings. The van der Waals surface area contributed by atoms with Gasteiger partial charge >= 0.3 is 0 Å². The zero-order chi connectivity index (χ0) is 23.4. The Bertz CT molecular complexity index is 1330. The van der Waals surface area contributed by atoms with Gasteiger partial charge in [0.1, 0.15) is 0 Å². The lowest BCUT2D eigenvalue weighted by molar-refractivity contribution is 0.101. The molecule has 1 heterocycles. The summed E-state index contributed by atoms with van der Waals surface area (Å²) in [5, 5.41) is 2.94. The summed E-state index contributed by atoms with van der Waals surface area (Å²) in [5.74, 6) is 0.813. The van der Waals surface area contributed by atoms with Crippen molar-refractivity contribution >= 4 is 33.0 Å². The SMILES string of the molecule is CC(=O)c1ccc(NS(=O)(=O)c2ccc(NC=CC(=O)c3ccc4c(c3)OCO4)cc2)cc1. The van der Waals surface area contributed by atoms with Gasteiger partial charge in [-0.2, -0.15) is 0 Å². The summed E-state index contributed by atoms with van der Waals surface area (Å²) in [6.07, 6.45) is 2.85. The number of fused-ring (bicyclic) bond motifs is 1. The highest BCUT2D eigenvalue weighted by Crippen LogP contribution is 2.32. The molecule has 0 aromatic heterocycles. The van der Waals surface area contributed by atoms with Gasteiger partial charge in [-0.05, 0) is 73.7 Å². The number of nitrogens with one attached hydrogen (secondary N) is 2. The molecule has 1 aliphatic heterocycles. The average Bonchev–Trinajstić information content (AvgIpc) is 3.27. The number of hydrogen-bond donors (Lipinski definition) is 2. The van der Waals surface area contributed by atoms with Gasteiger partial charge < -0.3 is 14.8 Å². The monoisotopic (exact) mass is 464 g/mol. The maximum Gasteiger partial charge on any atom is 0.261 e. The smallest absolute Gasteiger partial charge is 0.261 e. The fraction of sp³-hybridized carbons (Fsp3) is 0.0833. The Morgan fingerprint density at radius 2 is 1.48 bits per heavy atom. The fourth-order valence-electron chi connectivity index (χ4n) is 3.08. The molecule has 0 unspecified atom stereocenters. The van der Waals surface area contributed by atoms with Crippen LogP contribution in [-0.4, -0.2) is 26.8 Å².